The number of rotatable bonds is 5. The maximum Gasteiger partial charge on any atom is 0.269 e. The second-order valence-corrected chi connectivity index (χ2v) is 9.09. The molecule has 0 aliphatic heterocycles. The average Bonchev–Trinajstić information content (AvgIpc) is 3.33. The van der Waals surface area contributed by atoms with Crippen LogP contribution < -0.4 is 16.4 Å². The van der Waals surface area contributed by atoms with Gasteiger partial charge in [0.1, 0.15) is 0 Å². The lowest BCUT2D eigenvalue weighted by atomic mass is 10.1. The lowest BCUT2D eigenvalue weighted by molar-refractivity contribution is -0.119. The third kappa shape index (κ3) is 4.22. The number of benzene rings is 3. The molecular formula is C26H22N6O3S. The Labute approximate surface area is 210 Å². The van der Waals surface area contributed by atoms with E-state index in [1.54, 1.807) is 45.4 Å². The van der Waals surface area contributed by atoms with Gasteiger partial charge in [-0.3, -0.25) is 29.6 Å². The van der Waals surface area contributed by atoms with Crippen molar-refractivity contribution >= 4 is 40.3 Å². The molecular weight excluding hydrogens is 476 g/mol. The van der Waals surface area contributed by atoms with Crippen LogP contribution in [-0.2, 0) is 4.79 Å². The number of para-hydroxylation sites is 1. The fraction of sp³-hybridized carbons (Fsp3) is 0.115. The van der Waals surface area contributed by atoms with Crippen molar-refractivity contribution in [1.29, 1.82) is 0 Å². The van der Waals surface area contributed by atoms with Crippen LogP contribution in [0.15, 0.2) is 82.7 Å². The van der Waals surface area contributed by atoms with Crippen molar-refractivity contribution in [2.24, 2.45) is 0 Å². The van der Waals surface area contributed by atoms with Crippen LogP contribution in [-0.4, -0.2) is 36.7 Å². The van der Waals surface area contributed by atoms with Gasteiger partial charge in [-0.25, -0.2) is 4.57 Å². The molecule has 5 aromatic rings. The first-order valence-electron chi connectivity index (χ1n) is 11.2. The Morgan fingerprint density at radius 1 is 0.889 bits per heavy atom. The molecule has 180 valence electrons. The molecule has 0 radical (unpaired) electrons. The molecule has 0 aliphatic carbocycles. The predicted molar refractivity (Wildman–Crippen MR) is 138 cm³/mol. The summed E-state index contributed by atoms with van der Waals surface area (Å²) >= 11 is 1.15. The maximum absolute atomic E-state index is 13.5. The molecule has 9 nitrogen and oxygen atoms in total. The van der Waals surface area contributed by atoms with Gasteiger partial charge in [-0.15, -0.1) is 10.2 Å². The van der Waals surface area contributed by atoms with Crippen molar-refractivity contribution in [3.05, 3.63) is 99.8 Å². The minimum absolute atomic E-state index is 0.0210. The van der Waals surface area contributed by atoms with Gasteiger partial charge in [0.25, 0.3) is 11.5 Å². The molecule has 36 heavy (non-hydrogen) atoms. The van der Waals surface area contributed by atoms with Crippen LogP contribution in [0.3, 0.4) is 0 Å². The molecule has 0 spiro atoms. The SMILES string of the molecule is Cc1cccc(-n2c(=O)c3ccccc3n3c(SCC(=O)NNC(=O)c4ccccc4)nnc23)c1C. The first-order chi connectivity index (χ1) is 17.5. The number of fused-ring (bicyclic) bond motifs is 3. The zero-order valence-corrected chi connectivity index (χ0v) is 20.4. The standard InChI is InChI=1S/C26H22N6O3S/c1-16-9-8-14-20(17(16)2)31-24(35)19-12-6-7-13-21(19)32-25(31)29-30-26(32)36-15-22(33)27-28-23(34)18-10-4-3-5-11-18/h3-14H,15H2,1-2H3,(H,27,33)(H,28,34). The monoisotopic (exact) mass is 498 g/mol. The van der Waals surface area contributed by atoms with E-state index in [0.29, 0.717) is 27.4 Å². The number of aromatic nitrogens is 4. The van der Waals surface area contributed by atoms with Gasteiger partial charge in [-0.1, -0.05) is 54.2 Å². The topological polar surface area (TPSA) is 110 Å². The summed E-state index contributed by atoms with van der Waals surface area (Å²) in [5, 5.41) is 9.57. The molecule has 0 aliphatic rings. The number of hydrazine groups is 1. The summed E-state index contributed by atoms with van der Waals surface area (Å²) in [6, 6.07) is 21.6. The number of nitrogens with one attached hydrogen (secondary N) is 2. The molecule has 0 atom stereocenters. The Kier molecular flexibility index (Phi) is 6.26. The van der Waals surface area contributed by atoms with E-state index in [2.05, 4.69) is 21.0 Å². The van der Waals surface area contributed by atoms with E-state index < -0.39 is 11.8 Å². The van der Waals surface area contributed by atoms with Crippen molar-refractivity contribution in [1.82, 2.24) is 30.0 Å². The Balaban J connectivity index is 1.47. The number of aryl methyl sites for hydroxylation is 1. The normalized spacial score (nSPS) is 11.1. The second kappa shape index (κ2) is 9.67. The lowest BCUT2D eigenvalue weighted by Gasteiger charge is -2.14. The van der Waals surface area contributed by atoms with E-state index >= 15 is 0 Å². The molecule has 5 rings (SSSR count). The van der Waals surface area contributed by atoms with E-state index in [1.807, 2.05) is 50.2 Å². The van der Waals surface area contributed by atoms with Gasteiger partial charge < -0.3 is 0 Å². The summed E-state index contributed by atoms with van der Waals surface area (Å²) in [4.78, 5) is 38.1. The maximum atomic E-state index is 13.5. The summed E-state index contributed by atoms with van der Waals surface area (Å²) in [5.74, 6) is -0.487. The smallest absolute Gasteiger partial charge is 0.269 e. The Hall–Kier alpha value is -4.44. The molecule has 0 fully saturated rings. The molecule has 0 unspecified atom stereocenters. The van der Waals surface area contributed by atoms with E-state index in [4.69, 9.17) is 0 Å². The van der Waals surface area contributed by atoms with Gasteiger partial charge >= 0.3 is 0 Å². The van der Waals surface area contributed by atoms with Crippen molar-refractivity contribution in [2.45, 2.75) is 19.0 Å². The van der Waals surface area contributed by atoms with Crippen LogP contribution in [0.25, 0.3) is 22.4 Å². The minimum atomic E-state index is -0.412. The number of amides is 2. The van der Waals surface area contributed by atoms with Crippen molar-refractivity contribution < 1.29 is 9.59 Å². The van der Waals surface area contributed by atoms with Gasteiger partial charge in [0.05, 0.1) is 22.3 Å². The van der Waals surface area contributed by atoms with Crippen LogP contribution in [0, 0.1) is 13.8 Å². The molecule has 2 amide bonds. The summed E-state index contributed by atoms with van der Waals surface area (Å²) in [7, 11) is 0. The van der Waals surface area contributed by atoms with E-state index in [0.717, 1.165) is 28.6 Å². The summed E-state index contributed by atoms with van der Waals surface area (Å²) in [6.45, 7) is 3.95. The third-order valence-electron chi connectivity index (χ3n) is 5.90. The fourth-order valence-corrected chi connectivity index (χ4v) is 4.66. The van der Waals surface area contributed by atoms with Gasteiger partial charge in [0.15, 0.2) is 5.16 Å². The van der Waals surface area contributed by atoms with Gasteiger partial charge in [0.2, 0.25) is 11.7 Å². The molecule has 0 saturated heterocycles. The second-order valence-electron chi connectivity index (χ2n) is 8.15. The summed E-state index contributed by atoms with van der Waals surface area (Å²) in [5.41, 5.74) is 8.44. The summed E-state index contributed by atoms with van der Waals surface area (Å²) in [6.07, 6.45) is 0. The Morgan fingerprint density at radius 3 is 2.44 bits per heavy atom. The highest BCUT2D eigenvalue weighted by Gasteiger charge is 2.20. The number of thioether (sulfide) groups is 1. The molecule has 0 bridgehead atoms. The molecule has 2 N–H and O–H groups in total. The highest BCUT2D eigenvalue weighted by atomic mass is 32.2. The quantitative estimate of drug-likeness (QED) is 0.284. The van der Waals surface area contributed by atoms with Crippen LogP contribution in [0.4, 0.5) is 0 Å². The Bertz CT molecular complexity index is 1680. The van der Waals surface area contributed by atoms with Crippen molar-refractivity contribution in [3.8, 4) is 5.69 Å². The number of carbonyl (C=O) groups excluding carboxylic acids is 2. The van der Waals surface area contributed by atoms with Gasteiger partial charge in [0, 0.05) is 5.56 Å². The van der Waals surface area contributed by atoms with E-state index in [9.17, 15) is 14.4 Å². The third-order valence-corrected chi connectivity index (χ3v) is 6.82. The molecule has 2 heterocycles. The van der Waals surface area contributed by atoms with Crippen molar-refractivity contribution in [3.63, 3.8) is 0 Å². The first kappa shape index (κ1) is 23.3. The van der Waals surface area contributed by atoms with E-state index in [-0.39, 0.29) is 11.3 Å². The lowest BCUT2D eigenvalue weighted by Crippen LogP contribution is -2.42. The van der Waals surface area contributed by atoms with Crippen LogP contribution in [0.2, 0.25) is 0 Å². The number of nitrogens with zero attached hydrogens (tertiary/aromatic N) is 4. The molecule has 0 saturated carbocycles. The zero-order chi connectivity index (χ0) is 25.2. The average molecular weight is 499 g/mol. The zero-order valence-electron chi connectivity index (χ0n) is 19.6. The Morgan fingerprint density at radius 2 is 1.64 bits per heavy atom. The number of hydrogen-bond acceptors (Lipinski definition) is 6. The first-order valence-corrected chi connectivity index (χ1v) is 12.2. The molecule has 3 aromatic carbocycles. The molecule has 10 heteroatoms. The van der Waals surface area contributed by atoms with E-state index in [1.165, 1.54) is 0 Å². The highest BCUT2D eigenvalue weighted by molar-refractivity contribution is 7.99. The summed E-state index contributed by atoms with van der Waals surface area (Å²) < 4.78 is 3.33. The minimum Gasteiger partial charge on any atom is -0.272 e. The van der Waals surface area contributed by atoms with Crippen LogP contribution in [0.1, 0.15) is 21.5 Å². The van der Waals surface area contributed by atoms with Gasteiger partial charge in [-0.2, -0.15) is 0 Å². The van der Waals surface area contributed by atoms with Crippen LogP contribution >= 0.6 is 11.8 Å². The number of hydrogen-bond donors (Lipinski definition) is 2. The molecule has 2 aromatic heterocycles. The number of carbonyl (C=O) groups is 2. The van der Waals surface area contributed by atoms with Crippen molar-refractivity contribution in [2.75, 3.05) is 5.75 Å². The largest absolute Gasteiger partial charge is 0.272 e. The fourth-order valence-electron chi connectivity index (χ4n) is 3.92. The predicted octanol–water partition coefficient (Wildman–Crippen LogP) is 3.20. The highest BCUT2D eigenvalue weighted by Crippen LogP contribution is 2.25. The van der Waals surface area contributed by atoms with Gasteiger partial charge in [-0.05, 0) is 55.3 Å². The van der Waals surface area contributed by atoms with Crippen LogP contribution in [0.5, 0.6) is 0 Å².